The minimum atomic E-state index is -0.394. The maximum Gasteiger partial charge on any atom is 0.305 e. The zero-order valence-corrected chi connectivity index (χ0v) is 19.0. The molecule has 1 aliphatic heterocycles. The van der Waals surface area contributed by atoms with Gasteiger partial charge >= 0.3 is 5.91 Å². The van der Waals surface area contributed by atoms with Gasteiger partial charge in [-0.3, -0.25) is 14.3 Å². The van der Waals surface area contributed by atoms with Crippen LogP contribution in [0.15, 0.2) is 52.0 Å². The van der Waals surface area contributed by atoms with Gasteiger partial charge in [-0.1, -0.05) is 45.0 Å². The van der Waals surface area contributed by atoms with Gasteiger partial charge in [0.15, 0.2) is 5.69 Å². The molecular formula is C24H28N4O2S. The second kappa shape index (κ2) is 7.28. The molecule has 2 bridgehead atoms. The van der Waals surface area contributed by atoms with Crippen molar-refractivity contribution in [2.45, 2.75) is 52.7 Å². The summed E-state index contributed by atoms with van der Waals surface area (Å²) < 4.78 is 1.91. The molecule has 3 heterocycles. The number of azo groups is 1. The van der Waals surface area contributed by atoms with E-state index in [9.17, 15) is 9.90 Å². The number of aromatic nitrogens is 1. The third kappa shape index (κ3) is 3.70. The zero-order valence-electron chi connectivity index (χ0n) is 18.2. The van der Waals surface area contributed by atoms with Gasteiger partial charge in [-0.05, 0) is 47.6 Å². The van der Waals surface area contributed by atoms with Crippen LogP contribution in [0.5, 0.6) is 5.88 Å². The van der Waals surface area contributed by atoms with Crippen LogP contribution in [-0.4, -0.2) is 33.1 Å². The van der Waals surface area contributed by atoms with Crippen LogP contribution in [0.25, 0.3) is 10.9 Å². The van der Waals surface area contributed by atoms with Gasteiger partial charge in [-0.2, -0.15) is 0 Å². The first-order valence-electron chi connectivity index (χ1n) is 10.8. The molecule has 7 heteroatoms. The summed E-state index contributed by atoms with van der Waals surface area (Å²) in [4.78, 5) is 15.3. The zero-order chi connectivity index (χ0) is 21.8. The van der Waals surface area contributed by atoms with Gasteiger partial charge in [0, 0.05) is 18.0 Å². The Morgan fingerprint density at radius 1 is 1.19 bits per heavy atom. The van der Waals surface area contributed by atoms with Gasteiger partial charge in [0.05, 0.1) is 17.1 Å². The Hall–Kier alpha value is -2.51. The molecule has 3 aromatic rings. The number of aromatic hydroxyl groups is 1. The van der Waals surface area contributed by atoms with E-state index in [0.717, 1.165) is 17.4 Å². The first kappa shape index (κ1) is 20.4. The van der Waals surface area contributed by atoms with Crippen molar-refractivity contribution < 1.29 is 9.90 Å². The maximum atomic E-state index is 12.3. The fourth-order valence-electron chi connectivity index (χ4n) is 5.98. The van der Waals surface area contributed by atoms with Gasteiger partial charge in [-0.15, -0.1) is 21.6 Å². The summed E-state index contributed by atoms with van der Waals surface area (Å²) in [5.41, 5.74) is 1.92. The van der Waals surface area contributed by atoms with Gasteiger partial charge in [0.1, 0.15) is 0 Å². The lowest BCUT2D eigenvalue weighted by atomic mass is 9.65. The number of nitrogens with zero attached hydrogens (tertiary/aromatic N) is 4. The molecular weight excluding hydrogens is 408 g/mol. The van der Waals surface area contributed by atoms with E-state index < -0.39 is 5.91 Å². The topological polar surface area (TPSA) is 70.2 Å². The fourth-order valence-corrected chi connectivity index (χ4v) is 6.58. The molecule has 2 atom stereocenters. The van der Waals surface area contributed by atoms with Gasteiger partial charge < -0.3 is 5.11 Å². The minimum Gasteiger partial charge on any atom is -0.493 e. The number of carbonyl (C=O) groups is 1. The molecule has 2 fully saturated rings. The molecule has 2 aliphatic rings. The van der Waals surface area contributed by atoms with Crippen molar-refractivity contribution in [2.75, 3.05) is 6.54 Å². The molecule has 5 rings (SSSR count). The summed E-state index contributed by atoms with van der Waals surface area (Å²) >= 11 is 1.33. The molecule has 0 radical (unpaired) electrons. The fraction of sp³-hybridized carbons (Fsp3) is 0.458. The number of amides is 1. The number of rotatable bonds is 4. The van der Waals surface area contributed by atoms with Crippen molar-refractivity contribution in [3.05, 3.63) is 46.7 Å². The highest BCUT2D eigenvalue weighted by molar-refractivity contribution is 7.12. The molecule has 1 saturated carbocycles. The van der Waals surface area contributed by atoms with E-state index >= 15 is 0 Å². The van der Waals surface area contributed by atoms with Gasteiger partial charge in [-0.25, -0.2) is 0 Å². The third-order valence-corrected chi connectivity index (χ3v) is 7.59. The van der Waals surface area contributed by atoms with E-state index in [1.54, 1.807) is 6.07 Å². The lowest BCUT2D eigenvalue weighted by Gasteiger charge is -2.40. The third-order valence-electron chi connectivity index (χ3n) is 6.74. The Labute approximate surface area is 186 Å². The Morgan fingerprint density at radius 3 is 2.77 bits per heavy atom. The molecule has 1 aliphatic carbocycles. The summed E-state index contributed by atoms with van der Waals surface area (Å²) in [7, 11) is 0. The number of para-hydroxylation sites is 1. The highest BCUT2D eigenvalue weighted by atomic mass is 32.1. The molecule has 6 nitrogen and oxygen atoms in total. The second-order valence-electron chi connectivity index (χ2n) is 10.2. The van der Waals surface area contributed by atoms with Crippen LogP contribution in [0.3, 0.4) is 0 Å². The molecule has 1 aromatic carbocycles. The predicted octanol–water partition coefficient (Wildman–Crippen LogP) is 6.19. The van der Waals surface area contributed by atoms with Crippen LogP contribution >= 0.6 is 11.3 Å². The standard InChI is InChI=1S/C24H28N4O2S/c1-23(2)11-16-12-24(3,13-23)14-27(16)15-28-18-8-5-4-7-17(18)20(22(28)30)25-26-21(29)19-9-6-10-31-19/h4-10,16,30H,11-15H2,1-3H3/t16?,24-/m1/s1. The van der Waals surface area contributed by atoms with Crippen molar-refractivity contribution in [1.82, 2.24) is 9.47 Å². The van der Waals surface area contributed by atoms with Gasteiger partial charge in [0.2, 0.25) is 5.88 Å². The summed E-state index contributed by atoms with van der Waals surface area (Å²) in [6, 6.07) is 11.8. The molecule has 1 amide bonds. The lowest BCUT2D eigenvalue weighted by Crippen LogP contribution is -2.35. The quantitative estimate of drug-likeness (QED) is 0.496. The average molecular weight is 437 g/mol. The number of likely N-dealkylation sites (tertiary alicyclic amines) is 1. The van der Waals surface area contributed by atoms with E-state index in [4.69, 9.17) is 0 Å². The smallest absolute Gasteiger partial charge is 0.305 e. The monoisotopic (exact) mass is 436 g/mol. The van der Waals surface area contributed by atoms with Crippen LogP contribution < -0.4 is 0 Å². The summed E-state index contributed by atoms with van der Waals surface area (Å²) in [5.74, 6) is -0.329. The maximum absolute atomic E-state index is 12.3. The van der Waals surface area contributed by atoms with Crippen LogP contribution in [-0.2, 0) is 6.67 Å². The van der Waals surface area contributed by atoms with Crippen molar-refractivity contribution >= 4 is 33.8 Å². The number of fused-ring (bicyclic) bond motifs is 3. The SMILES string of the molecule is CC1(C)CC2C[C@@](C)(CN2Cn2c(O)c(N=NC(=O)c3cccs3)c3ccccc32)C1. The van der Waals surface area contributed by atoms with Crippen molar-refractivity contribution in [3.63, 3.8) is 0 Å². The largest absolute Gasteiger partial charge is 0.493 e. The Bertz CT molecular complexity index is 1160. The van der Waals surface area contributed by atoms with E-state index in [0.29, 0.717) is 34.1 Å². The highest BCUT2D eigenvalue weighted by Crippen LogP contribution is 2.53. The van der Waals surface area contributed by atoms with Crippen LogP contribution in [0.4, 0.5) is 5.69 Å². The second-order valence-corrected chi connectivity index (χ2v) is 11.1. The summed E-state index contributed by atoms with van der Waals surface area (Å²) in [6.45, 7) is 8.77. The van der Waals surface area contributed by atoms with E-state index in [1.165, 1.54) is 30.6 Å². The van der Waals surface area contributed by atoms with Crippen LogP contribution in [0, 0.1) is 10.8 Å². The normalized spacial score (nSPS) is 25.6. The van der Waals surface area contributed by atoms with Crippen molar-refractivity contribution in [2.24, 2.45) is 21.1 Å². The predicted molar refractivity (Wildman–Crippen MR) is 123 cm³/mol. The molecule has 0 spiro atoms. The van der Waals surface area contributed by atoms with Crippen molar-refractivity contribution in [3.8, 4) is 5.88 Å². The molecule has 31 heavy (non-hydrogen) atoms. The first-order valence-corrected chi connectivity index (χ1v) is 11.7. The Kier molecular flexibility index (Phi) is 4.79. The number of thiophene rings is 1. The number of hydrogen-bond acceptors (Lipinski definition) is 5. The molecule has 2 aromatic heterocycles. The number of benzene rings is 1. The van der Waals surface area contributed by atoms with E-state index in [2.05, 4.69) is 35.9 Å². The van der Waals surface area contributed by atoms with E-state index in [1.807, 2.05) is 40.3 Å². The van der Waals surface area contributed by atoms with Crippen LogP contribution in [0.1, 0.15) is 49.7 Å². The lowest BCUT2D eigenvalue weighted by molar-refractivity contribution is 0.0999. The average Bonchev–Trinajstić information content (AvgIpc) is 3.37. The van der Waals surface area contributed by atoms with E-state index in [-0.39, 0.29) is 5.88 Å². The molecule has 1 unspecified atom stereocenters. The van der Waals surface area contributed by atoms with Crippen molar-refractivity contribution in [1.29, 1.82) is 0 Å². The first-order chi connectivity index (χ1) is 14.7. The highest BCUT2D eigenvalue weighted by Gasteiger charge is 2.49. The Balaban J connectivity index is 1.48. The summed E-state index contributed by atoms with van der Waals surface area (Å²) in [5, 5.41) is 21.8. The molecule has 1 N–H and O–H groups in total. The molecule has 162 valence electrons. The minimum absolute atomic E-state index is 0.0646. The number of carbonyl (C=O) groups excluding carboxylic acids is 1. The van der Waals surface area contributed by atoms with Gasteiger partial charge in [0.25, 0.3) is 0 Å². The molecule has 1 saturated heterocycles. The summed E-state index contributed by atoms with van der Waals surface area (Å²) in [6.07, 6.45) is 3.61. The van der Waals surface area contributed by atoms with Crippen LogP contribution in [0.2, 0.25) is 0 Å². The number of hydrogen-bond donors (Lipinski definition) is 1. The Morgan fingerprint density at radius 2 is 2.00 bits per heavy atom.